The van der Waals surface area contributed by atoms with Crippen LogP contribution in [0, 0.1) is 5.92 Å². The number of carbonyl (C=O) groups excluding carboxylic acids is 1. The number of thiazole rings is 1. The third kappa shape index (κ3) is 3.10. The first-order valence-corrected chi connectivity index (χ1v) is 9.52. The van der Waals surface area contributed by atoms with E-state index in [0.29, 0.717) is 11.5 Å². The lowest BCUT2D eigenvalue weighted by Gasteiger charge is -2.24. The normalized spacial score (nSPS) is 20.6. The van der Waals surface area contributed by atoms with E-state index in [2.05, 4.69) is 15.4 Å². The molecule has 128 valence electrons. The van der Waals surface area contributed by atoms with E-state index in [1.54, 1.807) is 6.20 Å². The van der Waals surface area contributed by atoms with Gasteiger partial charge in [-0.25, -0.2) is 4.98 Å². The second-order valence-corrected chi connectivity index (χ2v) is 8.02. The molecular formula is C17H23N5OS. The molecule has 2 aliphatic rings. The van der Waals surface area contributed by atoms with E-state index in [4.69, 9.17) is 5.73 Å². The van der Waals surface area contributed by atoms with Crippen molar-refractivity contribution in [3.8, 4) is 0 Å². The minimum Gasteiger partial charge on any atom is -0.365 e. The first kappa shape index (κ1) is 15.8. The molecule has 4 rings (SSSR count). The summed E-state index contributed by atoms with van der Waals surface area (Å²) in [6.45, 7) is 2.68. The molecule has 0 aromatic carbocycles. The fourth-order valence-electron chi connectivity index (χ4n) is 3.53. The van der Waals surface area contributed by atoms with Crippen LogP contribution < -0.4 is 11.1 Å². The van der Waals surface area contributed by atoms with E-state index >= 15 is 0 Å². The number of aryl methyl sites for hydroxylation is 1. The molecule has 2 aromatic heterocycles. The Morgan fingerprint density at radius 1 is 1.38 bits per heavy atom. The second-order valence-electron chi connectivity index (χ2n) is 6.87. The van der Waals surface area contributed by atoms with Gasteiger partial charge in [-0.3, -0.25) is 9.48 Å². The summed E-state index contributed by atoms with van der Waals surface area (Å²) in [6.07, 6.45) is 9.52. The average Bonchev–Trinajstić information content (AvgIpc) is 3.12. The standard InChI is InChI=1S/C17H23N5OS/c18-16(23)14-10-21-22-5-4-11(6-15(14)22)7-19-8-13-9-20-17(24-13)12-2-1-3-12/h9-12,19H,1-8H2,(H2,18,23). The number of aromatic nitrogens is 3. The van der Waals surface area contributed by atoms with Gasteiger partial charge in [-0.05, 0) is 38.1 Å². The zero-order valence-corrected chi connectivity index (χ0v) is 14.5. The van der Waals surface area contributed by atoms with Gasteiger partial charge >= 0.3 is 0 Å². The van der Waals surface area contributed by atoms with E-state index < -0.39 is 0 Å². The lowest BCUT2D eigenvalue weighted by atomic mass is 9.86. The van der Waals surface area contributed by atoms with Gasteiger partial charge in [-0.1, -0.05) is 6.42 Å². The maximum absolute atomic E-state index is 11.5. The monoisotopic (exact) mass is 345 g/mol. The Morgan fingerprint density at radius 2 is 2.25 bits per heavy atom. The number of carbonyl (C=O) groups is 1. The topological polar surface area (TPSA) is 85.8 Å². The molecule has 0 saturated heterocycles. The van der Waals surface area contributed by atoms with Crippen LogP contribution in [-0.2, 0) is 19.5 Å². The van der Waals surface area contributed by atoms with Crippen molar-refractivity contribution in [2.45, 2.75) is 51.1 Å². The van der Waals surface area contributed by atoms with Crippen molar-refractivity contribution >= 4 is 17.2 Å². The highest BCUT2D eigenvalue weighted by Gasteiger charge is 2.24. The molecule has 6 nitrogen and oxygen atoms in total. The van der Waals surface area contributed by atoms with Gasteiger partial charge in [0.1, 0.15) is 0 Å². The molecule has 0 bridgehead atoms. The van der Waals surface area contributed by atoms with Crippen LogP contribution in [0.1, 0.15) is 57.5 Å². The van der Waals surface area contributed by atoms with E-state index in [0.717, 1.165) is 44.1 Å². The maximum Gasteiger partial charge on any atom is 0.252 e. The molecule has 3 heterocycles. The van der Waals surface area contributed by atoms with Gasteiger partial charge in [0.2, 0.25) is 0 Å². The first-order valence-electron chi connectivity index (χ1n) is 8.70. The van der Waals surface area contributed by atoms with Crippen LogP contribution in [0.2, 0.25) is 0 Å². The first-order chi connectivity index (χ1) is 11.7. The van der Waals surface area contributed by atoms with Crippen LogP contribution in [0.3, 0.4) is 0 Å². The Kier molecular flexibility index (Phi) is 4.37. The van der Waals surface area contributed by atoms with Crippen molar-refractivity contribution in [2.75, 3.05) is 6.54 Å². The Labute approximate surface area is 145 Å². The summed E-state index contributed by atoms with van der Waals surface area (Å²) in [7, 11) is 0. The number of hydrogen-bond donors (Lipinski definition) is 2. The second kappa shape index (κ2) is 6.64. The van der Waals surface area contributed by atoms with Crippen LogP contribution in [0.4, 0.5) is 0 Å². The lowest BCUT2D eigenvalue weighted by molar-refractivity contribution is 0.0998. The number of nitrogens with one attached hydrogen (secondary N) is 1. The largest absolute Gasteiger partial charge is 0.365 e. The molecule has 3 N–H and O–H groups in total. The summed E-state index contributed by atoms with van der Waals surface area (Å²) >= 11 is 1.85. The molecule has 1 saturated carbocycles. The number of nitrogens with two attached hydrogens (primary N) is 1. The lowest BCUT2D eigenvalue weighted by Crippen LogP contribution is -2.30. The van der Waals surface area contributed by atoms with Gasteiger partial charge in [0.05, 0.1) is 22.5 Å². The number of amides is 1. The minimum absolute atomic E-state index is 0.377. The highest BCUT2D eigenvalue weighted by molar-refractivity contribution is 7.11. The number of nitrogens with zero attached hydrogens (tertiary/aromatic N) is 3. The Hall–Kier alpha value is -1.73. The molecule has 2 aromatic rings. The van der Waals surface area contributed by atoms with Crippen LogP contribution >= 0.6 is 11.3 Å². The third-order valence-electron chi connectivity index (χ3n) is 5.20. The SMILES string of the molecule is NC(=O)c1cnn2c1CC(CNCc1cnc(C3CCC3)s1)CC2. The van der Waals surface area contributed by atoms with E-state index in [1.807, 2.05) is 22.2 Å². The quantitative estimate of drug-likeness (QED) is 0.839. The predicted molar refractivity (Wildman–Crippen MR) is 93.0 cm³/mol. The molecule has 1 amide bonds. The molecule has 1 fully saturated rings. The van der Waals surface area contributed by atoms with Crippen LogP contribution in [0.15, 0.2) is 12.4 Å². The van der Waals surface area contributed by atoms with E-state index in [1.165, 1.54) is 29.1 Å². The smallest absolute Gasteiger partial charge is 0.252 e. The zero-order chi connectivity index (χ0) is 16.5. The summed E-state index contributed by atoms with van der Waals surface area (Å²) in [4.78, 5) is 17.4. The Balaban J connectivity index is 1.29. The number of fused-ring (bicyclic) bond motifs is 1. The van der Waals surface area contributed by atoms with E-state index in [-0.39, 0.29) is 5.91 Å². The molecule has 1 aliphatic carbocycles. The summed E-state index contributed by atoms with van der Waals surface area (Å²) < 4.78 is 1.92. The number of rotatable bonds is 6. The summed E-state index contributed by atoms with van der Waals surface area (Å²) in [5.74, 6) is 0.860. The summed E-state index contributed by atoms with van der Waals surface area (Å²) in [6, 6.07) is 0. The summed E-state index contributed by atoms with van der Waals surface area (Å²) in [5, 5.41) is 9.13. The fraction of sp³-hybridized carbons (Fsp3) is 0.588. The summed E-state index contributed by atoms with van der Waals surface area (Å²) in [5.41, 5.74) is 7.00. The van der Waals surface area contributed by atoms with Gasteiger partial charge in [-0.15, -0.1) is 11.3 Å². The predicted octanol–water partition coefficient (Wildman–Crippen LogP) is 2.06. The van der Waals surface area contributed by atoms with E-state index in [9.17, 15) is 4.79 Å². The maximum atomic E-state index is 11.5. The van der Waals surface area contributed by atoms with Crippen molar-refractivity contribution in [3.05, 3.63) is 33.5 Å². The molecule has 7 heteroatoms. The van der Waals surface area contributed by atoms with Crippen molar-refractivity contribution in [3.63, 3.8) is 0 Å². The van der Waals surface area contributed by atoms with Gasteiger partial charge in [0, 0.05) is 30.1 Å². The molecule has 1 atom stereocenters. The minimum atomic E-state index is -0.377. The third-order valence-corrected chi connectivity index (χ3v) is 6.36. The fourth-order valence-corrected chi connectivity index (χ4v) is 4.58. The van der Waals surface area contributed by atoms with Crippen molar-refractivity contribution < 1.29 is 4.79 Å². The van der Waals surface area contributed by atoms with Crippen molar-refractivity contribution in [2.24, 2.45) is 11.7 Å². The van der Waals surface area contributed by atoms with Crippen LogP contribution in [0.25, 0.3) is 0 Å². The van der Waals surface area contributed by atoms with Crippen LogP contribution in [0.5, 0.6) is 0 Å². The van der Waals surface area contributed by atoms with Gasteiger partial charge in [0.15, 0.2) is 0 Å². The van der Waals surface area contributed by atoms with Gasteiger partial charge in [0.25, 0.3) is 5.91 Å². The Morgan fingerprint density at radius 3 is 3.00 bits per heavy atom. The molecule has 1 unspecified atom stereocenters. The van der Waals surface area contributed by atoms with Gasteiger partial charge in [-0.2, -0.15) is 5.10 Å². The average molecular weight is 345 g/mol. The zero-order valence-electron chi connectivity index (χ0n) is 13.7. The molecule has 0 radical (unpaired) electrons. The number of primary amides is 1. The molecular weight excluding hydrogens is 322 g/mol. The molecule has 0 spiro atoms. The molecule has 24 heavy (non-hydrogen) atoms. The van der Waals surface area contributed by atoms with Crippen LogP contribution in [-0.4, -0.2) is 27.2 Å². The highest BCUT2D eigenvalue weighted by atomic mass is 32.1. The van der Waals surface area contributed by atoms with Crippen molar-refractivity contribution in [1.29, 1.82) is 0 Å². The number of hydrogen-bond acceptors (Lipinski definition) is 5. The Bertz CT molecular complexity index is 733. The van der Waals surface area contributed by atoms with Gasteiger partial charge < -0.3 is 11.1 Å². The molecule has 1 aliphatic heterocycles. The highest BCUT2D eigenvalue weighted by Crippen LogP contribution is 2.38. The van der Waals surface area contributed by atoms with Crippen molar-refractivity contribution in [1.82, 2.24) is 20.1 Å².